The molecule has 0 spiro atoms. The van der Waals surface area contributed by atoms with E-state index in [0.717, 1.165) is 44.5 Å². The molecule has 0 amide bonds. The van der Waals surface area contributed by atoms with E-state index in [1.807, 2.05) is 24.3 Å². The Morgan fingerprint density at radius 3 is 2.50 bits per heavy atom. The molecule has 2 aliphatic rings. The molecule has 0 saturated carbocycles. The van der Waals surface area contributed by atoms with Gasteiger partial charge < -0.3 is 14.4 Å². The second kappa shape index (κ2) is 8.75. The first-order valence-corrected chi connectivity index (χ1v) is 11.0. The lowest BCUT2D eigenvalue weighted by molar-refractivity contribution is -0.108. The molecular weight excluding hydrogens is 414 g/mol. The summed E-state index contributed by atoms with van der Waals surface area (Å²) >= 11 is 0. The van der Waals surface area contributed by atoms with Gasteiger partial charge in [-0.15, -0.1) is 0 Å². The zero-order valence-electron chi connectivity index (χ0n) is 17.6. The van der Waals surface area contributed by atoms with Crippen molar-refractivity contribution >= 4 is 16.6 Å². The van der Waals surface area contributed by atoms with Crippen LogP contribution < -0.4 is 9.64 Å². The molecule has 0 N–H and O–H groups in total. The molecule has 1 atom stereocenters. The number of piperidine rings is 1. The predicted octanol–water partition coefficient (Wildman–Crippen LogP) is 4.95. The van der Waals surface area contributed by atoms with Gasteiger partial charge in [0.15, 0.2) is 23.7 Å². The largest absolute Gasteiger partial charge is 0.459 e. The number of halogens is 2. The van der Waals surface area contributed by atoms with Crippen molar-refractivity contribution in [2.24, 2.45) is 5.92 Å². The molecule has 32 heavy (non-hydrogen) atoms. The van der Waals surface area contributed by atoms with Crippen molar-refractivity contribution in [1.82, 2.24) is 9.78 Å². The van der Waals surface area contributed by atoms with Crippen molar-refractivity contribution < 1.29 is 18.3 Å². The van der Waals surface area contributed by atoms with E-state index in [2.05, 4.69) is 16.1 Å². The van der Waals surface area contributed by atoms with Gasteiger partial charge in [0.1, 0.15) is 5.52 Å². The molecule has 6 nitrogen and oxygen atoms in total. The Labute approximate surface area is 184 Å². The summed E-state index contributed by atoms with van der Waals surface area (Å²) in [5, 5.41) is 13.7. The minimum atomic E-state index is -0.783. The molecule has 2 fully saturated rings. The predicted molar refractivity (Wildman–Crippen MR) is 116 cm³/mol. The summed E-state index contributed by atoms with van der Waals surface area (Å²) in [7, 11) is 0. The van der Waals surface area contributed by atoms with Crippen LogP contribution in [0.1, 0.15) is 32.1 Å². The molecular formula is C24H24F2N4O2. The topological polar surface area (TPSA) is 63.3 Å². The fourth-order valence-corrected chi connectivity index (χ4v) is 4.41. The Bertz CT molecular complexity index is 1140. The van der Waals surface area contributed by atoms with Crippen molar-refractivity contribution in [2.45, 2.75) is 38.4 Å². The number of benzene rings is 2. The third-order valence-electron chi connectivity index (χ3n) is 6.23. The number of fused-ring (bicyclic) bond motifs is 1. The van der Waals surface area contributed by atoms with E-state index in [1.165, 1.54) is 16.9 Å². The molecule has 0 aliphatic carbocycles. The molecule has 0 radical (unpaired) electrons. The molecule has 1 aromatic heterocycles. The molecule has 5 rings (SSSR count). The van der Waals surface area contributed by atoms with Gasteiger partial charge in [-0.25, -0.2) is 13.5 Å². The van der Waals surface area contributed by atoms with Crippen LogP contribution in [0.25, 0.3) is 16.6 Å². The third kappa shape index (κ3) is 3.89. The summed E-state index contributed by atoms with van der Waals surface area (Å²) in [5.41, 5.74) is 1.88. The fraction of sp³-hybridized carbons (Fsp3) is 0.417. The number of nitriles is 1. The number of nitrogens with zero attached hydrogens (tertiary/aromatic N) is 4. The van der Waals surface area contributed by atoms with Crippen LogP contribution in [0, 0.1) is 28.9 Å². The Morgan fingerprint density at radius 1 is 1.06 bits per heavy atom. The van der Waals surface area contributed by atoms with Gasteiger partial charge in [0.05, 0.1) is 24.6 Å². The van der Waals surface area contributed by atoms with Gasteiger partial charge in [0.2, 0.25) is 0 Å². The number of rotatable bonds is 4. The maximum Gasteiger partial charge on any atom is 0.200 e. The van der Waals surface area contributed by atoms with Crippen molar-refractivity contribution in [1.29, 1.82) is 5.26 Å². The van der Waals surface area contributed by atoms with Gasteiger partial charge in [0, 0.05) is 36.5 Å². The molecule has 8 heteroatoms. The number of hydrogen-bond donors (Lipinski definition) is 0. The standard InChI is InChI=1S/C24H24F2N4O2/c25-20-13-17-15-28-30(23(17)22(26)24(20)32-21-3-1-2-12-31-21)19-6-4-18(5-7-19)29-10-8-16(14-27)9-11-29/h4-7,13,15-16,21H,1-3,8-12H2. The van der Waals surface area contributed by atoms with Gasteiger partial charge >= 0.3 is 0 Å². The van der Waals surface area contributed by atoms with Crippen LogP contribution in [0.5, 0.6) is 5.75 Å². The molecule has 166 valence electrons. The summed E-state index contributed by atoms with van der Waals surface area (Å²) in [4.78, 5) is 2.24. The average molecular weight is 438 g/mol. The van der Waals surface area contributed by atoms with Crippen LogP contribution in [-0.4, -0.2) is 35.8 Å². The highest BCUT2D eigenvalue weighted by atomic mass is 19.1. The van der Waals surface area contributed by atoms with Gasteiger partial charge in [-0.05, 0) is 56.0 Å². The smallest absolute Gasteiger partial charge is 0.200 e. The zero-order valence-corrected chi connectivity index (χ0v) is 17.6. The average Bonchev–Trinajstić information content (AvgIpc) is 3.26. The van der Waals surface area contributed by atoms with E-state index in [9.17, 15) is 4.39 Å². The molecule has 2 aliphatic heterocycles. The van der Waals surface area contributed by atoms with Crippen molar-refractivity contribution in [3.63, 3.8) is 0 Å². The van der Waals surface area contributed by atoms with Crippen LogP contribution in [-0.2, 0) is 4.74 Å². The van der Waals surface area contributed by atoms with E-state index in [-0.39, 0.29) is 11.4 Å². The highest BCUT2D eigenvalue weighted by Gasteiger charge is 2.24. The monoisotopic (exact) mass is 438 g/mol. The molecule has 3 aromatic rings. The summed E-state index contributed by atoms with van der Waals surface area (Å²) in [6, 6.07) is 11.2. The van der Waals surface area contributed by atoms with Gasteiger partial charge in [-0.2, -0.15) is 10.4 Å². The molecule has 2 aromatic carbocycles. The second-order valence-corrected chi connectivity index (χ2v) is 8.32. The van der Waals surface area contributed by atoms with E-state index >= 15 is 4.39 Å². The van der Waals surface area contributed by atoms with Crippen LogP contribution in [0.15, 0.2) is 36.5 Å². The Kier molecular flexibility index (Phi) is 5.66. The Hall–Kier alpha value is -3.18. The number of aromatic nitrogens is 2. The maximum atomic E-state index is 15.4. The molecule has 0 bridgehead atoms. The lowest BCUT2D eigenvalue weighted by Crippen LogP contribution is -2.33. The first-order chi connectivity index (χ1) is 15.6. The van der Waals surface area contributed by atoms with Crippen LogP contribution in [0.2, 0.25) is 0 Å². The molecule has 3 heterocycles. The first kappa shape index (κ1) is 20.7. The summed E-state index contributed by atoms with van der Waals surface area (Å²) < 4.78 is 42.5. The van der Waals surface area contributed by atoms with Crippen LogP contribution in [0.4, 0.5) is 14.5 Å². The van der Waals surface area contributed by atoms with Crippen LogP contribution >= 0.6 is 0 Å². The molecule has 1 unspecified atom stereocenters. The lowest BCUT2D eigenvalue weighted by atomic mass is 9.98. The van der Waals surface area contributed by atoms with Gasteiger partial charge in [-0.1, -0.05) is 0 Å². The minimum absolute atomic E-state index is 0.125. The third-order valence-corrected chi connectivity index (χ3v) is 6.23. The summed E-state index contributed by atoms with van der Waals surface area (Å²) in [5.74, 6) is -1.85. The summed E-state index contributed by atoms with van der Waals surface area (Å²) in [6.07, 6.45) is 4.92. The van der Waals surface area contributed by atoms with E-state index in [1.54, 1.807) is 0 Å². The Morgan fingerprint density at radius 2 is 1.81 bits per heavy atom. The number of anilines is 1. The lowest BCUT2D eigenvalue weighted by Gasteiger charge is -2.31. The van der Waals surface area contributed by atoms with E-state index in [4.69, 9.17) is 14.7 Å². The van der Waals surface area contributed by atoms with E-state index < -0.39 is 23.7 Å². The normalized spacial score (nSPS) is 19.8. The molecule has 2 saturated heterocycles. The number of ether oxygens (including phenoxy) is 2. The second-order valence-electron chi connectivity index (χ2n) is 8.32. The first-order valence-electron chi connectivity index (χ1n) is 11.0. The van der Waals surface area contributed by atoms with Gasteiger partial charge in [-0.3, -0.25) is 0 Å². The fourth-order valence-electron chi connectivity index (χ4n) is 4.41. The number of hydrogen-bond acceptors (Lipinski definition) is 5. The SMILES string of the molecule is N#CC1CCN(c2ccc(-n3ncc4cc(F)c(OC5CCCCO5)c(F)c43)cc2)CC1. The summed E-state index contributed by atoms with van der Waals surface area (Å²) in [6.45, 7) is 2.19. The maximum absolute atomic E-state index is 15.4. The van der Waals surface area contributed by atoms with Crippen molar-refractivity contribution in [2.75, 3.05) is 24.6 Å². The van der Waals surface area contributed by atoms with Crippen molar-refractivity contribution in [3.05, 3.63) is 48.2 Å². The van der Waals surface area contributed by atoms with E-state index in [0.29, 0.717) is 24.1 Å². The Balaban J connectivity index is 1.43. The highest BCUT2D eigenvalue weighted by molar-refractivity contribution is 5.83. The van der Waals surface area contributed by atoms with Crippen molar-refractivity contribution in [3.8, 4) is 17.5 Å². The van der Waals surface area contributed by atoms with Crippen LogP contribution in [0.3, 0.4) is 0 Å². The zero-order chi connectivity index (χ0) is 22.1. The quantitative estimate of drug-likeness (QED) is 0.577. The highest BCUT2D eigenvalue weighted by Crippen LogP contribution is 2.33. The van der Waals surface area contributed by atoms with Gasteiger partial charge in [0.25, 0.3) is 0 Å². The minimum Gasteiger partial charge on any atom is -0.459 e.